The summed E-state index contributed by atoms with van der Waals surface area (Å²) in [6.07, 6.45) is 0.798. The van der Waals surface area contributed by atoms with E-state index in [0.717, 1.165) is 34.4 Å². The molecule has 43 heavy (non-hydrogen) atoms. The summed E-state index contributed by atoms with van der Waals surface area (Å²) in [7, 11) is 1.68. The van der Waals surface area contributed by atoms with Crippen LogP contribution in [0.4, 0.5) is 0 Å². The lowest BCUT2D eigenvalue weighted by atomic mass is 9.70. The second kappa shape index (κ2) is 13.3. The van der Waals surface area contributed by atoms with Crippen molar-refractivity contribution in [1.82, 2.24) is 0 Å². The third-order valence-corrected chi connectivity index (χ3v) is 8.89. The van der Waals surface area contributed by atoms with Crippen LogP contribution in [0.1, 0.15) is 114 Å². The van der Waals surface area contributed by atoms with Crippen molar-refractivity contribution < 1.29 is 14.9 Å². The summed E-state index contributed by atoms with van der Waals surface area (Å²) in [6, 6.07) is 29.2. The van der Waals surface area contributed by atoms with Crippen LogP contribution in [-0.2, 0) is 17.3 Å². The van der Waals surface area contributed by atoms with Crippen molar-refractivity contribution in [3.8, 4) is 17.2 Å². The van der Waals surface area contributed by atoms with Crippen LogP contribution >= 0.6 is 0 Å². The van der Waals surface area contributed by atoms with Gasteiger partial charge in [0.1, 0.15) is 17.2 Å². The molecule has 0 amide bonds. The van der Waals surface area contributed by atoms with Gasteiger partial charge in [-0.1, -0.05) is 130 Å². The minimum Gasteiger partial charge on any atom is -0.508 e. The summed E-state index contributed by atoms with van der Waals surface area (Å²) < 4.78 is 5.39. The van der Waals surface area contributed by atoms with Crippen molar-refractivity contribution >= 4 is 0 Å². The summed E-state index contributed by atoms with van der Waals surface area (Å²) in [6.45, 7) is 21.7. The Kier molecular flexibility index (Phi) is 10.4. The molecule has 3 heteroatoms. The summed E-state index contributed by atoms with van der Waals surface area (Å²) in [5.74, 6) is 1.50. The van der Waals surface area contributed by atoms with E-state index in [4.69, 9.17) is 4.74 Å². The molecule has 2 N–H and O–H groups in total. The second-order valence-electron chi connectivity index (χ2n) is 13.4. The van der Waals surface area contributed by atoms with Gasteiger partial charge in [0.2, 0.25) is 0 Å². The minimum atomic E-state index is -0.276. The molecule has 0 saturated carbocycles. The van der Waals surface area contributed by atoms with Gasteiger partial charge in [0.25, 0.3) is 0 Å². The molecule has 0 aliphatic heterocycles. The van der Waals surface area contributed by atoms with Gasteiger partial charge >= 0.3 is 0 Å². The van der Waals surface area contributed by atoms with Crippen molar-refractivity contribution in [2.24, 2.45) is 5.41 Å². The number of hydrogen-bond donors (Lipinski definition) is 2. The van der Waals surface area contributed by atoms with E-state index in [9.17, 15) is 10.2 Å². The van der Waals surface area contributed by atoms with Crippen LogP contribution in [0.2, 0.25) is 0 Å². The van der Waals surface area contributed by atoms with E-state index in [1.165, 1.54) is 16.7 Å². The molecule has 0 bridgehead atoms. The zero-order valence-electron chi connectivity index (χ0n) is 28.2. The molecule has 0 saturated heterocycles. The number of benzene rings is 4. The highest BCUT2D eigenvalue weighted by molar-refractivity contribution is 5.51. The van der Waals surface area contributed by atoms with E-state index in [1.54, 1.807) is 7.11 Å². The molecule has 0 fully saturated rings. The number of aromatic hydroxyl groups is 2. The summed E-state index contributed by atoms with van der Waals surface area (Å²) in [5, 5.41) is 21.3. The van der Waals surface area contributed by atoms with Gasteiger partial charge in [-0.2, -0.15) is 0 Å². The van der Waals surface area contributed by atoms with Gasteiger partial charge in [-0.3, -0.25) is 0 Å². The van der Waals surface area contributed by atoms with Gasteiger partial charge in [0, 0.05) is 22.3 Å². The summed E-state index contributed by atoms with van der Waals surface area (Å²) in [5.41, 5.74) is 7.24. The maximum Gasteiger partial charge on any atom is 0.119 e. The van der Waals surface area contributed by atoms with Crippen LogP contribution in [0, 0.1) is 5.41 Å². The topological polar surface area (TPSA) is 49.7 Å². The molecule has 0 aliphatic rings. The number of aryl methyl sites for hydroxylation is 1. The standard InChI is InChI=1S/C38H46O3.C2H6/c1-10-25-23-29(17-21-33(25)39)37(5,6)27-13-15-28(16-14-27)38(7,8)30-18-22-34(40)32(24-30)35(36(2,3)4)26-11-19-31(41-9)20-12-26;1-2/h11-24,35,39-40H,10H2,1-9H3;1-2H3. The van der Waals surface area contributed by atoms with Crippen LogP contribution in [0.15, 0.2) is 84.9 Å². The number of rotatable bonds is 8. The monoisotopic (exact) mass is 580 g/mol. The molecule has 0 spiro atoms. The largest absolute Gasteiger partial charge is 0.508 e. The lowest BCUT2D eigenvalue weighted by Crippen LogP contribution is -2.23. The van der Waals surface area contributed by atoms with Gasteiger partial charge in [-0.25, -0.2) is 0 Å². The minimum absolute atomic E-state index is 0.00523. The van der Waals surface area contributed by atoms with E-state index >= 15 is 0 Å². The smallest absolute Gasteiger partial charge is 0.119 e. The highest BCUT2D eigenvalue weighted by atomic mass is 16.5. The number of phenols is 2. The lowest BCUT2D eigenvalue weighted by Gasteiger charge is -2.34. The van der Waals surface area contributed by atoms with Gasteiger partial charge in [0.15, 0.2) is 0 Å². The second-order valence-corrected chi connectivity index (χ2v) is 13.4. The van der Waals surface area contributed by atoms with Crippen LogP contribution in [0.5, 0.6) is 17.2 Å². The van der Waals surface area contributed by atoms with Crippen molar-refractivity contribution in [3.63, 3.8) is 0 Å². The maximum atomic E-state index is 11.1. The molecule has 0 heterocycles. The van der Waals surface area contributed by atoms with Gasteiger partial charge in [0.05, 0.1) is 7.11 Å². The molecular formula is C40H52O3. The van der Waals surface area contributed by atoms with Crippen molar-refractivity contribution in [3.05, 3.63) is 124 Å². The predicted octanol–water partition coefficient (Wildman–Crippen LogP) is 10.5. The highest BCUT2D eigenvalue weighted by Crippen LogP contribution is 2.46. The quantitative estimate of drug-likeness (QED) is 0.218. The molecule has 0 aromatic heterocycles. The fraction of sp³-hybridized carbons (Fsp3) is 0.400. The van der Waals surface area contributed by atoms with Crippen LogP contribution in [0.3, 0.4) is 0 Å². The normalized spacial score (nSPS) is 12.7. The van der Waals surface area contributed by atoms with Gasteiger partial charge in [-0.15, -0.1) is 0 Å². The first kappa shape index (κ1) is 33.8. The zero-order valence-corrected chi connectivity index (χ0v) is 28.2. The lowest BCUT2D eigenvalue weighted by molar-refractivity contribution is 0.346. The van der Waals surface area contributed by atoms with Crippen LogP contribution < -0.4 is 4.74 Å². The fourth-order valence-electron chi connectivity index (χ4n) is 6.01. The molecule has 230 valence electrons. The van der Waals surface area contributed by atoms with E-state index < -0.39 is 0 Å². The first-order chi connectivity index (χ1) is 20.2. The summed E-state index contributed by atoms with van der Waals surface area (Å²) >= 11 is 0. The number of methoxy groups -OCH3 is 1. The third-order valence-electron chi connectivity index (χ3n) is 8.89. The maximum absolute atomic E-state index is 11.1. The Labute approximate surface area is 260 Å². The number of ether oxygens (including phenoxy) is 1. The Bertz CT molecular complexity index is 1490. The van der Waals surface area contributed by atoms with Crippen molar-refractivity contribution in [2.75, 3.05) is 7.11 Å². The molecule has 0 aliphatic carbocycles. The van der Waals surface area contributed by atoms with E-state index in [-0.39, 0.29) is 22.2 Å². The number of hydrogen-bond acceptors (Lipinski definition) is 3. The average Bonchev–Trinajstić information content (AvgIpc) is 2.99. The molecule has 0 radical (unpaired) electrons. The molecule has 4 aromatic carbocycles. The van der Waals surface area contributed by atoms with Crippen molar-refractivity contribution in [1.29, 1.82) is 0 Å². The molecule has 1 unspecified atom stereocenters. The first-order valence-corrected chi connectivity index (χ1v) is 15.6. The SMILES string of the molecule is CC.CCc1cc(C(C)(C)c2ccc(C(C)(C)c3ccc(O)c(C(c4ccc(OC)cc4)C(C)(C)C)c3)cc2)ccc1O. The average molecular weight is 581 g/mol. The molecule has 3 nitrogen and oxygen atoms in total. The molecular weight excluding hydrogens is 528 g/mol. The van der Waals surface area contributed by atoms with E-state index in [1.807, 2.05) is 50.2 Å². The Morgan fingerprint density at radius 2 is 1.05 bits per heavy atom. The van der Waals surface area contributed by atoms with Gasteiger partial charge in [-0.05, 0) is 69.5 Å². The van der Waals surface area contributed by atoms with Crippen LogP contribution in [-0.4, -0.2) is 17.3 Å². The Balaban J connectivity index is 0.00000248. The van der Waals surface area contributed by atoms with Gasteiger partial charge < -0.3 is 14.9 Å². The third kappa shape index (κ3) is 7.09. The zero-order chi connectivity index (χ0) is 32.2. The molecule has 1 atom stereocenters. The molecule has 4 rings (SSSR count). The van der Waals surface area contributed by atoms with Crippen LogP contribution in [0.25, 0.3) is 0 Å². The summed E-state index contributed by atoms with van der Waals surface area (Å²) in [4.78, 5) is 0. The van der Waals surface area contributed by atoms with Crippen molar-refractivity contribution in [2.45, 2.75) is 92.4 Å². The molecule has 4 aromatic rings. The number of phenolic OH excluding ortho intramolecular Hbond substituents is 2. The Morgan fingerprint density at radius 1 is 0.605 bits per heavy atom. The first-order valence-electron chi connectivity index (χ1n) is 15.6. The Hall–Kier alpha value is -3.72. The predicted molar refractivity (Wildman–Crippen MR) is 182 cm³/mol. The highest BCUT2D eigenvalue weighted by Gasteiger charge is 2.33. The van der Waals surface area contributed by atoms with E-state index in [0.29, 0.717) is 11.5 Å². The Morgan fingerprint density at radius 3 is 1.49 bits per heavy atom. The fourth-order valence-corrected chi connectivity index (χ4v) is 6.01. The van der Waals surface area contributed by atoms with E-state index in [2.05, 4.69) is 104 Å².